The fraction of sp³-hybridized carbons (Fsp3) is 0.263. The molecule has 2 aromatic heterocycles. The Hall–Kier alpha value is -3.11. The monoisotopic (exact) mass is 384 g/mol. The molecule has 140 valence electrons. The third-order valence-electron chi connectivity index (χ3n) is 3.95. The summed E-state index contributed by atoms with van der Waals surface area (Å²) >= 11 is 6.12. The Morgan fingerprint density at radius 3 is 2.59 bits per heavy atom. The smallest absolute Gasteiger partial charge is 0.260 e. The molecule has 0 amide bonds. The van der Waals surface area contributed by atoms with Crippen LogP contribution in [-0.2, 0) is 6.42 Å². The molecular formula is C19H21ClN6O. The zero-order chi connectivity index (χ0) is 20.1. The molecule has 2 heterocycles. The Balaban J connectivity index is 0.000000223. The van der Waals surface area contributed by atoms with Gasteiger partial charge in [0.25, 0.3) is 5.56 Å². The molecule has 0 saturated heterocycles. The lowest BCUT2D eigenvalue weighted by Gasteiger charge is -2.17. The van der Waals surface area contributed by atoms with E-state index in [2.05, 4.69) is 23.0 Å². The summed E-state index contributed by atoms with van der Waals surface area (Å²) in [5.74, 6) is 0.200. The number of hydrogen-bond donors (Lipinski definition) is 2. The van der Waals surface area contributed by atoms with Crippen molar-refractivity contribution < 1.29 is 0 Å². The molecular weight excluding hydrogens is 364 g/mol. The van der Waals surface area contributed by atoms with Gasteiger partial charge in [-0.3, -0.25) is 4.79 Å². The number of nitrogens with two attached hydrogens (primary N) is 2. The number of hydrogen-bond acceptors (Lipinski definition) is 6. The van der Waals surface area contributed by atoms with E-state index in [4.69, 9.17) is 28.3 Å². The highest BCUT2D eigenvalue weighted by Crippen LogP contribution is 2.22. The van der Waals surface area contributed by atoms with Gasteiger partial charge in [-0.15, -0.1) is 0 Å². The molecule has 0 atom stereocenters. The summed E-state index contributed by atoms with van der Waals surface area (Å²) in [6.45, 7) is 6.09. The number of halogens is 1. The molecule has 27 heavy (non-hydrogen) atoms. The van der Waals surface area contributed by atoms with Gasteiger partial charge >= 0.3 is 0 Å². The Labute approximate surface area is 162 Å². The highest BCUT2D eigenvalue weighted by atomic mass is 35.5. The SMILES string of the molecule is CCc1cc2cccc(Cl)c2c(=O)n1C(C)C.N#Cc1cnc(N)nc1N. The fourth-order valence-corrected chi connectivity index (χ4v) is 2.98. The van der Waals surface area contributed by atoms with Crippen molar-refractivity contribution >= 4 is 34.1 Å². The van der Waals surface area contributed by atoms with Crippen LogP contribution in [0.4, 0.5) is 11.8 Å². The summed E-state index contributed by atoms with van der Waals surface area (Å²) in [5, 5.41) is 10.4. The molecule has 0 radical (unpaired) electrons. The molecule has 0 aliphatic rings. The average molecular weight is 385 g/mol. The minimum atomic E-state index is 0.0138. The molecule has 0 spiro atoms. The fourth-order valence-electron chi connectivity index (χ4n) is 2.72. The van der Waals surface area contributed by atoms with E-state index in [0.29, 0.717) is 10.4 Å². The van der Waals surface area contributed by atoms with Gasteiger partial charge in [-0.2, -0.15) is 10.2 Å². The van der Waals surface area contributed by atoms with Crippen molar-refractivity contribution in [3.05, 3.63) is 57.1 Å². The maximum atomic E-state index is 12.4. The van der Waals surface area contributed by atoms with Crippen LogP contribution in [0.25, 0.3) is 10.8 Å². The summed E-state index contributed by atoms with van der Waals surface area (Å²) in [6.07, 6.45) is 2.13. The van der Waals surface area contributed by atoms with Gasteiger partial charge in [0.2, 0.25) is 5.95 Å². The van der Waals surface area contributed by atoms with Crippen LogP contribution in [0.5, 0.6) is 0 Å². The zero-order valence-corrected chi connectivity index (χ0v) is 16.2. The van der Waals surface area contributed by atoms with Crippen LogP contribution in [0.1, 0.15) is 38.1 Å². The second-order valence-corrected chi connectivity index (χ2v) is 6.51. The number of pyridine rings is 1. The maximum Gasteiger partial charge on any atom is 0.260 e. The first-order chi connectivity index (χ1) is 12.8. The first-order valence-electron chi connectivity index (χ1n) is 8.40. The van der Waals surface area contributed by atoms with Gasteiger partial charge in [-0.1, -0.05) is 30.7 Å². The number of aromatic nitrogens is 3. The van der Waals surface area contributed by atoms with Crippen molar-refractivity contribution in [1.29, 1.82) is 5.26 Å². The number of nitriles is 1. The minimum Gasteiger partial charge on any atom is -0.382 e. The van der Waals surface area contributed by atoms with Crippen molar-refractivity contribution in [3.8, 4) is 6.07 Å². The summed E-state index contributed by atoms with van der Waals surface area (Å²) in [7, 11) is 0. The molecule has 0 unspecified atom stereocenters. The van der Waals surface area contributed by atoms with E-state index < -0.39 is 0 Å². The number of anilines is 2. The number of nitrogens with zero attached hydrogens (tertiary/aromatic N) is 4. The van der Waals surface area contributed by atoms with Crippen LogP contribution < -0.4 is 17.0 Å². The molecule has 7 nitrogen and oxygen atoms in total. The lowest BCUT2D eigenvalue weighted by molar-refractivity contribution is 0.557. The van der Waals surface area contributed by atoms with E-state index in [1.807, 2.05) is 36.6 Å². The summed E-state index contributed by atoms with van der Waals surface area (Å²) in [5.41, 5.74) is 11.8. The lowest BCUT2D eigenvalue weighted by atomic mass is 10.1. The third kappa shape index (κ3) is 4.36. The molecule has 0 saturated carbocycles. The second-order valence-electron chi connectivity index (χ2n) is 6.10. The Kier molecular flexibility index (Phi) is 6.37. The van der Waals surface area contributed by atoms with E-state index in [0.717, 1.165) is 17.5 Å². The normalized spacial score (nSPS) is 10.4. The van der Waals surface area contributed by atoms with Crippen molar-refractivity contribution in [2.75, 3.05) is 11.5 Å². The highest BCUT2D eigenvalue weighted by Gasteiger charge is 2.12. The van der Waals surface area contributed by atoms with Crippen LogP contribution in [0.3, 0.4) is 0 Å². The molecule has 0 aliphatic carbocycles. The first kappa shape index (κ1) is 20.2. The summed E-state index contributed by atoms with van der Waals surface area (Å²) in [6, 6.07) is 9.61. The predicted octanol–water partition coefficient (Wildman–Crippen LogP) is 3.31. The van der Waals surface area contributed by atoms with Gasteiger partial charge in [0.15, 0.2) is 0 Å². The molecule has 8 heteroatoms. The van der Waals surface area contributed by atoms with Gasteiger partial charge in [0.05, 0.1) is 16.6 Å². The van der Waals surface area contributed by atoms with E-state index in [9.17, 15) is 4.79 Å². The van der Waals surface area contributed by atoms with Crippen LogP contribution in [0, 0.1) is 11.3 Å². The largest absolute Gasteiger partial charge is 0.382 e. The average Bonchev–Trinajstić information content (AvgIpc) is 2.61. The molecule has 3 rings (SSSR count). The Morgan fingerprint density at radius 2 is 2.04 bits per heavy atom. The molecule has 0 bridgehead atoms. The van der Waals surface area contributed by atoms with Gasteiger partial charge in [0, 0.05) is 11.7 Å². The quantitative estimate of drug-likeness (QED) is 0.698. The number of nitrogen functional groups attached to an aromatic ring is 2. The molecule has 3 aromatic rings. The predicted molar refractivity (Wildman–Crippen MR) is 109 cm³/mol. The summed E-state index contributed by atoms with van der Waals surface area (Å²) in [4.78, 5) is 19.6. The standard InChI is InChI=1S/C14H16ClNO.C5H5N5/c1-4-11-8-10-6-5-7-12(15)13(10)14(17)16(11)9(2)3;6-1-3-2-9-5(8)10-4(3)7/h5-9H,4H2,1-3H3;2H,(H4,7,8,9,10). The number of rotatable bonds is 2. The number of benzene rings is 1. The van der Waals surface area contributed by atoms with Crippen LogP contribution >= 0.6 is 11.6 Å². The third-order valence-corrected chi connectivity index (χ3v) is 4.26. The van der Waals surface area contributed by atoms with Crippen molar-refractivity contribution in [2.24, 2.45) is 0 Å². The highest BCUT2D eigenvalue weighted by molar-refractivity contribution is 6.35. The van der Waals surface area contributed by atoms with E-state index in [-0.39, 0.29) is 28.9 Å². The second kappa shape index (κ2) is 8.52. The van der Waals surface area contributed by atoms with E-state index >= 15 is 0 Å². The van der Waals surface area contributed by atoms with Crippen molar-refractivity contribution in [3.63, 3.8) is 0 Å². The maximum absolute atomic E-state index is 12.4. The van der Waals surface area contributed by atoms with E-state index in [1.54, 1.807) is 6.07 Å². The van der Waals surface area contributed by atoms with Crippen molar-refractivity contribution in [1.82, 2.24) is 14.5 Å². The molecule has 1 aromatic carbocycles. The lowest BCUT2D eigenvalue weighted by Crippen LogP contribution is -2.25. The van der Waals surface area contributed by atoms with Gasteiger partial charge in [0.1, 0.15) is 17.5 Å². The van der Waals surface area contributed by atoms with Gasteiger partial charge < -0.3 is 16.0 Å². The number of aryl methyl sites for hydroxylation is 1. The van der Waals surface area contributed by atoms with Gasteiger partial charge in [-0.25, -0.2) is 4.98 Å². The van der Waals surface area contributed by atoms with Gasteiger partial charge in [-0.05, 0) is 37.8 Å². The molecule has 0 aliphatic heterocycles. The van der Waals surface area contributed by atoms with Crippen molar-refractivity contribution in [2.45, 2.75) is 33.2 Å². The number of fused-ring (bicyclic) bond motifs is 1. The molecule has 4 N–H and O–H groups in total. The molecule has 0 fully saturated rings. The zero-order valence-electron chi connectivity index (χ0n) is 15.4. The van der Waals surface area contributed by atoms with E-state index in [1.165, 1.54) is 6.20 Å². The Bertz CT molecular complexity index is 1070. The van der Waals surface area contributed by atoms with Crippen LogP contribution in [0.15, 0.2) is 35.3 Å². The van der Waals surface area contributed by atoms with Crippen LogP contribution in [0.2, 0.25) is 5.02 Å². The topological polar surface area (TPSA) is 124 Å². The van der Waals surface area contributed by atoms with Crippen LogP contribution in [-0.4, -0.2) is 14.5 Å². The summed E-state index contributed by atoms with van der Waals surface area (Å²) < 4.78 is 1.83. The Morgan fingerprint density at radius 1 is 1.33 bits per heavy atom. The minimum absolute atomic E-state index is 0.0138. The first-order valence-corrected chi connectivity index (χ1v) is 8.78.